The zero-order valence-electron chi connectivity index (χ0n) is 6.27. The molecule has 0 saturated heterocycles. The lowest BCUT2D eigenvalue weighted by atomic mass is 10.1. The second-order valence-corrected chi connectivity index (χ2v) is 4.35. The number of halogens is 2. The smallest absolute Gasteiger partial charge is 0.337 e. The predicted octanol–water partition coefficient (Wildman–Crippen LogP) is 3.06. The fourth-order valence-electron chi connectivity index (χ4n) is 0.916. The van der Waals surface area contributed by atoms with Gasteiger partial charge in [0.05, 0.1) is 5.56 Å². The average molecular weight is 341 g/mol. The highest BCUT2D eigenvalue weighted by Gasteiger charge is 2.12. The van der Waals surface area contributed by atoms with E-state index in [4.69, 9.17) is 5.11 Å². The van der Waals surface area contributed by atoms with E-state index in [1.165, 1.54) is 0 Å². The van der Waals surface area contributed by atoms with Gasteiger partial charge in [-0.1, -0.05) is 15.9 Å². The first-order valence-electron chi connectivity index (χ1n) is 3.22. The summed E-state index contributed by atoms with van der Waals surface area (Å²) in [7, 11) is 0. The normalized spacial score (nSPS) is 9.92. The van der Waals surface area contributed by atoms with Crippen molar-refractivity contribution in [2.75, 3.05) is 0 Å². The second kappa shape index (κ2) is 3.74. The molecule has 0 fully saturated rings. The van der Waals surface area contributed by atoms with E-state index in [-0.39, 0.29) is 0 Å². The predicted molar refractivity (Wildman–Crippen MR) is 58.6 cm³/mol. The highest BCUT2D eigenvalue weighted by molar-refractivity contribution is 14.1. The van der Waals surface area contributed by atoms with Gasteiger partial charge in [0.25, 0.3) is 0 Å². The average Bonchev–Trinajstić information content (AvgIpc) is 1.97. The molecule has 0 radical (unpaired) electrons. The number of carbonyl (C=O) groups is 1. The van der Waals surface area contributed by atoms with Gasteiger partial charge in [-0.15, -0.1) is 0 Å². The van der Waals surface area contributed by atoms with Crippen molar-refractivity contribution in [3.63, 3.8) is 0 Å². The number of carboxylic acids is 1. The summed E-state index contributed by atoms with van der Waals surface area (Å²) in [5.74, 6) is -0.877. The molecule has 2 nitrogen and oxygen atoms in total. The molecule has 0 unspecified atom stereocenters. The summed E-state index contributed by atoms with van der Waals surface area (Å²) in [6, 6.07) is 3.63. The fraction of sp³-hybridized carbons (Fsp3) is 0.125. The molecule has 4 heteroatoms. The van der Waals surface area contributed by atoms with Crippen molar-refractivity contribution in [1.29, 1.82) is 0 Å². The fourth-order valence-corrected chi connectivity index (χ4v) is 2.06. The summed E-state index contributed by atoms with van der Waals surface area (Å²) < 4.78 is 1.60. The lowest BCUT2D eigenvalue weighted by Gasteiger charge is -2.04. The zero-order valence-corrected chi connectivity index (χ0v) is 10.0. The van der Waals surface area contributed by atoms with Crippen LogP contribution in [0.2, 0.25) is 0 Å². The third kappa shape index (κ3) is 1.80. The monoisotopic (exact) mass is 340 g/mol. The molecule has 0 spiro atoms. The molecule has 0 aromatic heterocycles. The van der Waals surface area contributed by atoms with Crippen LogP contribution in [0.3, 0.4) is 0 Å². The van der Waals surface area contributed by atoms with Crippen molar-refractivity contribution in [1.82, 2.24) is 0 Å². The summed E-state index contributed by atoms with van der Waals surface area (Å²) >= 11 is 5.30. The van der Waals surface area contributed by atoms with E-state index in [9.17, 15) is 4.79 Å². The van der Waals surface area contributed by atoms with Crippen LogP contribution in [0.1, 0.15) is 15.9 Å². The largest absolute Gasteiger partial charge is 0.478 e. The number of aromatic carboxylic acids is 1. The van der Waals surface area contributed by atoms with Crippen LogP contribution in [-0.4, -0.2) is 11.1 Å². The molecular weight excluding hydrogens is 335 g/mol. The van der Waals surface area contributed by atoms with Gasteiger partial charge in [0.1, 0.15) is 0 Å². The zero-order chi connectivity index (χ0) is 9.30. The standard InChI is InChI=1S/C8H6BrIO2/c1-4-5(9)2-3-6(10)7(4)8(11)12/h2-3H,1H3,(H,11,12). The molecule has 64 valence electrons. The molecule has 1 rings (SSSR count). The summed E-state index contributed by atoms with van der Waals surface area (Å²) in [4.78, 5) is 10.8. The van der Waals surface area contributed by atoms with E-state index in [1.54, 1.807) is 13.0 Å². The molecule has 12 heavy (non-hydrogen) atoms. The topological polar surface area (TPSA) is 37.3 Å². The van der Waals surface area contributed by atoms with E-state index in [0.717, 1.165) is 13.6 Å². The molecule has 0 aliphatic carbocycles. The molecule has 1 N–H and O–H groups in total. The minimum atomic E-state index is -0.877. The first-order valence-corrected chi connectivity index (χ1v) is 5.09. The van der Waals surface area contributed by atoms with E-state index in [1.807, 2.05) is 28.7 Å². The van der Waals surface area contributed by atoms with Gasteiger partial charge in [0.2, 0.25) is 0 Å². The molecule has 0 atom stereocenters. The van der Waals surface area contributed by atoms with Crippen molar-refractivity contribution < 1.29 is 9.90 Å². The SMILES string of the molecule is Cc1c(Br)ccc(I)c1C(=O)O. The Balaban J connectivity index is 3.43. The van der Waals surface area contributed by atoms with Crippen LogP contribution in [0.25, 0.3) is 0 Å². The highest BCUT2D eigenvalue weighted by Crippen LogP contribution is 2.24. The Bertz CT molecular complexity index is 336. The maximum atomic E-state index is 10.8. The van der Waals surface area contributed by atoms with Crippen molar-refractivity contribution >= 4 is 44.5 Å². The Morgan fingerprint density at radius 1 is 1.58 bits per heavy atom. The maximum Gasteiger partial charge on any atom is 0.337 e. The van der Waals surface area contributed by atoms with Gasteiger partial charge in [-0.3, -0.25) is 0 Å². The van der Waals surface area contributed by atoms with Crippen molar-refractivity contribution in [3.05, 3.63) is 31.3 Å². The molecule has 0 amide bonds. The van der Waals surface area contributed by atoms with Crippen LogP contribution < -0.4 is 0 Å². The van der Waals surface area contributed by atoms with Crippen LogP contribution in [0.5, 0.6) is 0 Å². The Hall–Kier alpha value is -0.100. The van der Waals surface area contributed by atoms with Crippen molar-refractivity contribution in [2.24, 2.45) is 0 Å². The Labute approximate surface area is 92.2 Å². The van der Waals surface area contributed by atoms with Crippen LogP contribution in [-0.2, 0) is 0 Å². The van der Waals surface area contributed by atoms with E-state index < -0.39 is 5.97 Å². The molecule has 0 saturated carbocycles. The number of benzene rings is 1. The minimum Gasteiger partial charge on any atom is -0.478 e. The van der Waals surface area contributed by atoms with Gasteiger partial charge in [0, 0.05) is 8.04 Å². The number of hydrogen-bond acceptors (Lipinski definition) is 1. The molecule has 1 aromatic carbocycles. The van der Waals surface area contributed by atoms with Crippen LogP contribution in [0.4, 0.5) is 0 Å². The number of hydrogen-bond donors (Lipinski definition) is 1. The second-order valence-electron chi connectivity index (χ2n) is 2.33. The first-order chi connectivity index (χ1) is 5.54. The van der Waals surface area contributed by atoms with Gasteiger partial charge in [0.15, 0.2) is 0 Å². The van der Waals surface area contributed by atoms with Gasteiger partial charge in [-0.05, 0) is 47.2 Å². The highest BCUT2D eigenvalue weighted by atomic mass is 127. The molecule has 0 aliphatic rings. The summed E-state index contributed by atoms with van der Waals surface area (Å²) in [6.45, 7) is 1.79. The summed E-state index contributed by atoms with van der Waals surface area (Å²) in [5.41, 5.74) is 1.15. The minimum absolute atomic E-state index is 0.380. The summed E-state index contributed by atoms with van der Waals surface area (Å²) in [5, 5.41) is 8.85. The van der Waals surface area contributed by atoms with E-state index in [2.05, 4.69) is 15.9 Å². The van der Waals surface area contributed by atoms with Crippen LogP contribution in [0, 0.1) is 10.5 Å². The quantitative estimate of drug-likeness (QED) is 0.798. The maximum absolute atomic E-state index is 10.8. The van der Waals surface area contributed by atoms with Gasteiger partial charge in [-0.25, -0.2) is 4.79 Å². The first kappa shape index (κ1) is 9.98. The lowest BCUT2D eigenvalue weighted by molar-refractivity contribution is 0.0695. The Morgan fingerprint density at radius 2 is 2.17 bits per heavy atom. The molecular formula is C8H6BrIO2. The van der Waals surface area contributed by atoms with E-state index in [0.29, 0.717) is 5.56 Å². The van der Waals surface area contributed by atoms with Crippen molar-refractivity contribution in [3.8, 4) is 0 Å². The molecule has 0 bridgehead atoms. The molecule has 0 heterocycles. The van der Waals surface area contributed by atoms with Gasteiger partial charge in [-0.2, -0.15) is 0 Å². The number of carboxylic acid groups (broad SMARTS) is 1. The van der Waals surface area contributed by atoms with Crippen LogP contribution >= 0.6 is 38.5 Å². The Kier molecular flexibility index (Phi) is 3.11. The molecule has 0 aliphatic heterocycles. The lowest BCUT2D eigenvalue weighted by Crippen LogP contribution is -2.03. The van der Waals surface area contributed by atoms with Gasteiger partial charge < -0.3 is 5.11 Å². The van der Waals surface area contributed by atoms with Gasteiger partial charge >= 0.3 is 5.97 Å². The third-order valence-corrected chi connectivity index (χ3v) is 3.32. The number of rotatable bonds is 1. The molecule has 1 aromatic rings. The van der Waals surface area contributed by atoms with Crippen molar-refractivity contribution in [2.45, 2.75) is 6.92 Å². The van der Waals surface area contributed by atoms with Crippen LogP contribution in [0.15, 0.2) is 16.6 Å². The summed E-state index contributed by atoms with van der Waals surface area (Å²) in [6.07, 6.45) is 0. The third-order valence-electron chi connectivity index (χ3n) is 1.56. The van der Waals surface area contributed by atoms with E-state index >= 15 is 0 Å². The Morgan fingerprint density at radius 3 is 2.58 bits per heavy atom.